The molecule has 130 valence electrons. The van der Waals surface area contributed by atoms with Crippen molar-refractivity contribution in [1.29, 1.82) is 0 Å². The Morgan fingerprint density at radius 2 is 1.62 bits per heavy atom. The molecule has 0 unspecified atom stereocenters. The van der Waals surface area contributed by atoms with Crippen molar-refractivity contribution < 1.29 is 26.4 Å². The number of halogens is 3. The smallest absolute Gasteiger partial charge is 0.345 e. The SMILES string of the molecule is O=CN1CC(C23CC(c4ccc(S(=O)(=O)C(F)(F)F)cc4)(C2)C3)C1. The van der Waals surface area contributed by atoms with Gasteiger partial charge in [-0.2, -0.15) is 13.2 Å². The molecule has 1 amide bonds. The first-order valence-corrected chi connectivity index (χ1v) is 9.22. The number of carbonyl (C=O) groups is 1. The van der Waals surface area contributed by atoms with Crippen molar-refractivity contribution in [3.63, 3.8) is 0 Å². The highest BCUT2D eigenvalue weighted by molar-refractivity contribution is 7.92. The Bertz CT molecular complexity index is 775. The quantitative estimate of drug-likeness (QED) is 0.776. The molecule has 0 atom stereocenters. The van der Waals surface area contributed by atoms with Crippen LogP contribution in [0, 0.1) is 11.3 Å². The van der Waals surface area contributed by atoms with E-state index in [1.165, 1.54) is 12.1 Å². The van der Waals surface area contributed by atoms with Crippen LogP contribution in [-0.4, -0.2) is 38.3 Å². The van der Waals surface area contributed by atoms with E-state index in [1.807, 2.05) is 0 Å². The first-order chi connectivity index (χ1) is 11.1. The van der Waals surface area contributed by atoms with Crippen LogP contribution in [0.25, 0.3) is 0 Å². The number of hydrogen-bond acceptors (Lipinski definition) is 3. The number of hydrogen-bond donors (Lipinski definition) is 0. The van der Waals surface area contributed by atoms with Crippen LogP contribution in [-0.2, 0) is 20.0 Å². The maximum atomic E-state index is 12.6. The van der Waals surface area contributed by atoms with Gasteiger partial charge in [0.15, 0.2) is 0 Å². The largest absolute Gasteiger partial charge is 0.501 e. The van der Waals surface area contributed by atoms with E-state index in [2.05, 4.69) is 0 Å². The lowest BCUT2D eigenvalue weighted by Crippen LogP contribution is -2.72. The number of carbonyl (C=O) groups excluding carboxylic acids is 1. The lowest BCUT2D eigenvalue weighted by Gasteiger charge is -2.75. The fourth-order valence-electron chi connectivity index (χ4n) is 4.71. The molecule has 5 rings (SSSR count). The molecule has 4 aliphatic rings. The number of alkyl halides is 3. The van der Waals surface area contributed by atoms with Gasteiger partial charge in [0.25, 0.3) is 9.84 Å². The molecule has 1 aliphatic heterocycles. The lowest BCUT2D eigenvalue weighted by atomic mass is 9.30. The van der Waals surface area contributed by atoms with Gasteiger partial charge >= 0.3 is 5.51 Å². The molecular weight excluding hydrogens is 343 g/mol. The maximum Gasteiger partial charge on any atom is 0.501 e. The highest BCUT2D eigenvalue weighted by atomic mass is 32.2. The Morgan fingerprint density at radius 1 is 1.08 bits per heavy atom. The van der Waals surface area contributed by atoms with Crippen LogP contribution in [0.2, 0.25) is 0 Å². The van der Waals surface area contributed by atoms with Crippen molar-refractivity contribution in [2.24, 2.45) is 11.3 Å². The molecule has 4 nitrogen and oxygen atoms in total. The molecule has 1 aromatic carbocycles. The molecule has 3 aliphatic carbocycles. The third-order valence-corrected chi connectivity index (χ3v) is 7.58. The van der Waals surface area contributed by atoms with Crippen LogP contribution in [0.15, 0.2) is 29.2 Å². The molecular formula is C16H16F3NO3S. The molecule has 0 radical (unpaired) electrons. The van der Waals surface area contributed by atoms with Crippen molar-refractivity contribution >= 4 is 16.2 Å². The van der Waals surface area contributed by atoms with Gasteiger partial charge in [-0.1, -0.05) is 12.1 Å². The van der Waals surface area contributed by atoms with Crippen LogP contribution in [0.3, 0.4) is 0 Å². The summed E-state index contributed by atoms with van der Waals surface area (Å²) in [6, 6.07) is 5.14. The summed E-state index contributed by atoms with van der Waals surface area (Å²) in [5.74, 6) is 0.523. The molecule has 2 bridgehead atoms. The molecule has 1 aromatic rings. The number of amides is 1. The molecule has 1 heterocycles. The van der Waals surface area contributed by atoms with Gasteiger partial charge in [0.2, 0.25) is 6.41 Å². The van der Waals surface area contributed by atoms with Crippen LogP contribution >= 0.6 is 0 Å². The van der Waals surface area contributed by atoms with Gasteiger partial charge < -0.3 is 4.90 Å². The third kappa shape index (κ3) is 1.92. The minimum absolute atomic E-state index is 0.0118. The molecule has 0 spiro atoms. The fraction of sp³-hybridized carbons (Fsp3) is 0.562. The Kier molecular flexibility index (Phi) is 3.01. The lowest BCUT2D eigenvalue weighted by molar-refractivity contribution is -0.210. The predicted molar refractivity (Wildman–Crippen MR) is 78.8 cm³/mol. The van der Waals surface area contributed by atoms with Crippen LogP contribution in [0.5, 0.6) is 0 Å². The van der Waals surface area contributed by atoms with Gasteiger partial charge in [0, 0.05) is 13.1 Å². The van der Waals surface area contributed by atoms with E-state index in [1.54, 1.807) is 4.90 Å². The van der Waals surface area contributed by atoms with Crippen molar-refractivity contribution in [2.75, 3.05) is 13.1 Å². The van der Waals surface area contributed by atoms with E-state index in [0.717, 1.165) is 56.5 Å². The monoisotopic (exact) mass is 359 g/mol. The maximum absolute atomic E-state index is 12.6. The van der Waals surface area contributed by atoms with E-state index >= 15 is 0 Å². The molecule has 1 saturated heterocycles. The van der Waals surface area contributed by atoms with Gasteiger partial charge in [0.1, 0.15) is 0 Å². The van der Waals surface area contributed by atoms with Gasteiger partial charge in [-0.3, -0.25) is 4.79 Å². The van der Waals surface area contributed by atoms with Crippen molar-refractivity contribution in [1.82, 2.24) is 4.90 Å². The van der Waals surface area contributed by atoms with Crippen molar-refractivity contribution in [2.45, 2.75) is 35.1 Å². The minimum atomic E-state index is -5.28. The molecule has 8 heteroatoms. The first-order valence-electron chi connectivity index (χ1n) is 7.73. The average molecular weight is 359 g/mol. The summed E-state index contributed by atoms with van der Waals surface area (Å²) in [6.07, 6.45) is 3.78. The van der Waals surface area contributed by atoms with Crippen molar-refractivity contribution in [3.05, 3.63) is 29.8 Å². The number of nitrogens with zero attached hydrogens (tertiary/aromatic N) is 1. The summed E-state index contributed by atoms with van der Waals surface area (Å²) in [4.78, 5) is 11.7. The fourth-order valence-corrected chi connectivity index (χ4v) is 5.47. The van der Waals surface area contributed by atoms with Crippen LogP contribution < -0.4 is 0 Å². The normalized spacial score (nSPS) is 32.5. The average Bonchev–Trinajstić information content (AvgIpc) is 2.37. The van der Waals surface area contributed by atoms with Crippen LogP contribution in [0.4, 0.5) is 13.2 Å². The molecule has 3 saturated carbocycles. The second kappa shape index (κ2) is 4.53. The molecule has 4 fully saturated rings. The van der Waals surface area contributed by atoms with E-state index < -0.39 is 20.2 Å². The summed E-state index contributed by atoms with van der Waals surface area (Å²) < 4.78 is 60.5. The zero-order chi connectivity index (χ0) is 17.4. The van der Waals surface area contributed by atoms with Crippen LogP contribution in [0.1, 0.15) is 24.8 Å². The second-order valence-corrected chi connectivity index (χ2v) is 9.34. The van der Waals surface area contributed by atoms with Gasteiger partial charge in [-0.05, 0) is 53.7 Å². The summed E-state index contributed by atoms with van der Waals surface area (Å²) in [7, 11) is -5.28. The Labute approximate surface area is 137 Å². The highest BCUT2D eigenvalue weighted by Gasteiger charge is 2.71. The van der Waals surface area contributed by atoms with E-state index in [0.29, 0.717) is 5.92 Å². The van der Waals surface area contributed by atoms with E-state index in [4.69, 9.17) is 0 Å². The molecule has 24 heavy (non-hydrogen) atoms. The minimum Gasteiger partial charge on any atom is -0.345 e. The number of benzene rings is 1. The van der Waals surface area contributed by atoms with Gasteiger partial charge in [-0.15, -0.1) is 0 Å². The summed E-state index contributed by atoms with van der Waals surface area (Å²) >= 11 is 0. The zero-order valence-electron chi connectivity index (χ0n) is 12.7. The highest BCUT2D eigenvalue weighted by Crippen LogP contribution is 2.77. The Balaban J connectivity index is 1.46. The Morgan fingerprint density at radius 3 is 2.08 bits per heavy atom. The second-order valence-electron chi connectivity index (χ2n) is 7.40. The van der Waals surface area contributed by atoms with Gasteiger partial charge in [0.05, 0.1) is 4.90 Å². The number of likely N-dealkylation sites (tertiary alicyclic amines) is 1. The molecule has 0 N–H and O–H groups in total. The standard InChI is InChI=1S/C16H16F3NO3S/c17-16(18,19)24(22,23)13-3-1-11(2-4-13)14-7-15(8-14,9-14)12-5-20(6-12)10-21/h1-4,10,12H,5-9H2. The predicted octanol–water partition coefficient (Wildman–Crippen LogP) is 2.49. The van der Waals surface area contributed by atoms with E-state index in [-0.39, 0.29) is 10.8 Å². The number of sulfone groups is 1. The van der Waals surface area contributed by atoms with E-state index in [9.17, 15) is 26.4 Å². The first kappa shape index (κ1) is 15.9. The van der Waals surface area contributed by atoms with Gasteiger partial charge in [-0.25, -0.2) is 8.42 Å². The Hall–Kier alpha value is -1.57. The van der Waals surface area contributed by atoms with Crippen molar-refractivity contribution in [3.8, 4) is 0 Å². The summed E-state index contributed by atoms with van der Waals surface area (Å²) in [5, 5.41) is 0. The summed E-state index contributed by atoms with van der Waals surface area (Å²) in [6.45, 7) is 1.59. The zero-order valence-corrected chi connectivity index (χ0v) is 13.5. The molecule has 0 aromatic heterocycles. The summed E-state index contributed by atoms with van der Waals surface area (Å²) in [5.41, 5.74) is -4.10. The third-order valence-electron chi connectivity index (χ3n) is 6.08. The topological polar surface area (TPSA) is 54.5 Å². The number of rotatable bonds is 4.